The Morgan fingerprint density at radius 2 is 1.52 bits per heavy atom. The molecule has 5 heteroatoms. The maximum absolute atomic E-state index is 11.5. The maximum atomic E-state index is 11.5. The van der Waals surface area contributed by atoms with Crippen LogP contribution in [0.1, 0.15) is 58.8 Å². The summed E-state index contributed by atoms with van der Waals surface area (Å²) < 4.78 is 0. The number of hydrogen-bond acceptors (Lipinski definition) is 2. The van der Waals surface area contributed by atoms with E-state index < -0.39 is 22.7 Å². The van der Waals surface area contributed by atoms with Crippen LogP contribution in [0.3, 0.4) is 0 Å². The van der Waals surface area contributed by atoms with Crippen molar-refractivity contribution in [2.75, 3.05) is 0 Å². The molecule has 4 aliphatic carbocycles. The van der Waals surface area contributed by atoms with E-state index in [4.69, 9.17) is 11.6 Å². The van der Waals surface area contributed by atoms with Gasteiger partial charge in [0.25, 0.3) is 0 Å². The molecule has 4 rings (SSSR count). The molecule has 118 valence electrons. The van der Waals surface area contributed by atoms with Crippen LogP contribution in [0, 0.1) is 21.7 Å². The zero-order valence-corrected chi connectivity index (χ0v) is 13.4. The van der Waals surface area contributed by atoms with Gasteiger partial charge < -0.3 is 10.2 Å². The smallest absolute Gasteiger partial charge is 0.322 e. The molecule has 4 bridgehead atoms. The molecule has 0 spiro atoms. The monoisotopic (exact) mass is 314 g/mol. The minimum absolute atomic E-state index is 0.0293. The van der Waals surface area contributed by atoms with E-state index in [1.807, 2.05) is 0 Å². The first-order valence-corrected chi connectivity index (χ1v) is 8.04. The summed E-state index contributed by atoms with van der Waals surface area (Å²) in [4.78, 5) is 22.9. The summed E-state index contributed by atoms with van der Waals surface area (Å²) >= 11 is 6.31. The highest BCUT2D eigenvalue weighted by molar-refractivity contribution is 6.30. The van der Waals surface area contributed by atoms with Crippen molar-refractivity contribution in [3.63, 3.8) is 0 Å². The second kappa shape index (κ2) is 4.15. The van der Waals surface area contributed by atoms with Gasteiger partial charge in [-0.25, -0.2) is 0 Å². The van der Waals surface area contributed by atoms with E-state index in [2.05, 4.69) is 13.8 Å². The van der Waals surface area contributed by atoms with Crippen LogP contribution in [0.15, 0.2) is 0 Å². The number of rotatable bonds is 4. The van der Waals surface area contributed by atoms with Crippen LogP contribution >= 0.6 is 11.6 Å². The quantitative estimate of drug-likeness (QED) is 0.779. The third kappa shape index (κ3) is 2.26. The minimum atomic E-state index is -0.962. The second-order valence-corrected chi connectivity index (χ2v) is 9.25. The van der Waals surface area contributed by atoms with Gasteiger partial charge in [-0.2, -0.15) is 0 Å². The standard InChI is InChI=1S/C16H23ClO4/c1-13-4-14(2)6-15(5-13,3-10(18)19)9-16(7-13,8-14)11(17)12(20)21/h11H,3-9H2,1-2H3,(H,18,19)(H,20,21)/t11-,13-,14-,15?,16?/m1/s1. The number of carbonyl (C=O) groups is 2. The lowest BCUT2D eigenvalue weighted by atomic mass is 9.35. The Morgan fingerprint density at radius 3 is 1.95 bits per heavy atom. The van der Waals surface area contributed by atoms with Gasteiger partial charge in [0.1, 0.15) is 5.38 Å². The first-order valence-electron chi connectivity index (χ1n) is 7.60. The van der Waals surface area contributed by atoms with Gasteiger partial charge in [-0.05, 0) is 60.2 Å². The highest BCUT2D eigenvalue weighted by Crippen LogP contribution is 2.75. The summed E-state index contributed by atoms with van der Waals surface area (Å²) in [6, 6.07) is 0. The Balaban J connectivity index is 2.05. The van der Waals surface area contributed by atoms with Crippen LogP contribution in [0.5, 0.6) is 0 Å². The van der Waals surface area contributed by atoms with E-state index in [9.17, 15) is 19.8 Å². The van der Waals surface area contributed by atoms with Crippen LogP contribution < -0.4 is 0 Å². The fourth-order valence-corrected chi connectivity index (χ4v) is 7.31. The lowest BCUT2D eigenvalue weighted by molar-refractivity contribution is -0.199. The second-order valence-electron chi connectivity index (χ2n) is 8.82. The summed E-state index contributed by atoms with van der Waals surface area (Å²) in [6.45, 7) is 4.39. The van der Waals surface area contributed by atoms with Crippen molar-refractivity contribution in [1.82, 2.24) is 0 Å². The molecule has 3 atom stereocenters. The van der Waals surface area contributed by atoms with Crippen molar-refractivity contribution in [3.05, 3.63) is 0 Å². The summed E-state index contributed by atoms with van der Waals surface area (Å²) in [6.07, 6.45) is 5.28. The fourth-order valence-electron chi connectivity index (χ4n) is 7.08. The average molecular weight is 315 g/mol. The zero-order chi connectivity index (χ0) is 15.7. The lowest BCUT2D eigenvalue weighted by Gasteiger charge is -2.70. The van der Waals surface area contributed by atoms with Gasteiger partial charge in [-0.1, -0.05) is 13.8 Å². The van der Waals surface area contributed by atoms with Gasteiger partial charge in [0.15, 0.2) is 0 Å². The molecular weight excluding hydrogens is 292 g/mol. The molecule has 0 heterocycles. The van der Waals surface area contributed by atoms with E-state index in [1.165, 1.54) is 0 Å². The summed E-state index contributed by atoms with van der Waals surface area (Å²) in [7, 11) is 0. The molecule has 4 aliphatic rings. The van der Waals surface area contributed by atoms with Gasteiger partial charge in [0, 0.05) is 0 Å². The summed E-state index contributed by atoms with van der Waals surface area (Å²) in [5.41, 5.74) is -0.656. The third-order valence-electron chi connectivity index (χ3n) is 6.02. The van der Waals surface area contributed by atoms with Crippen LogP contribution in [0.25, 0.3) is 0 Å². The summed E-state index contributed by atoms with van der Waals surface area (Å²) in [5.74, 6) is -1.74. The van der Waals surface area contributed by atoms with Gasteiger partial charge in [-0.3, -0.25) is 9.59 Å². The zero-order valence-electron chi connectivity index (χ0n) is 12.6. The van der Waals surface area contributed by atoms with Crippen LogP contribution in [0.2, 0.25) is 0 Å². The van der Waals surface area contributed by atoms with E-state index in [1.54, 1.807) is 0 Å². The van der Waals surface area contributed by atoms with Crippen molar-refractivity contribution in [2.24, 2.45) is 21.7 Å². The predicted molar refractivity (Wildman–Crippen MR) is 78.3 cm³/mol. The lowest BCUT2D eigenvalue weighted by Crippen LogP contribution is -2.63. The number of hydrogen-bond donors (Lipinski definition) is 2. The predicted octanol–water partition coefficient (Wildman–Crippen LogP) is 3.52. The number of aliphatic carboxylic acids is 2. The Bertz CT molecular complexity index is 496. The molecule has 0 aromatic rings. The number of alkyl halides is 1. The summed E-state index contributed by atoms with van der Waals surface area (Å²) in [5, 5.41) is 17.8. The topological polar surface area (TPSA) is 74.6 Å². The van der Waals surface area contributed by atoms with E-state index in [-0.39, 0.29) is 22.7 Å². The first kappa shape index (κ1) is 15.1. The Morgan fingerprint density at radius 1 is 1.00 bits per heavy atom. The first-order chi connectivity index (χ1) is 9.51. The number of carboxylic acid groups (broad SMARTS) is 2. The fraction of sp³-hybridized carbons (Fsp3) is 0.875. The van der Waals surface area contributed by atoms with E-state index in [0.717, 1.165) is 32.1 Å². The van der Waals surface area contributed by atoms with Crippen LogP contribution in [-0.4, -0.2) is 27.5 Å². The molecule has 0 unspecified atom stereocenters. The van der Waals surface area contributed by atoms with Gasteiger partial charge in [-0.15, -0.1) is 11.6 Å². The Kier molecular flexibility index (Phi) is 2.99. The molecule has 0 saturated heterocycles. The average Bonchev–Trinajstić information content (AvgIpc) is 2.20. The normalized spacial score (nSPS) is 49.1. The number of carboxylic acids is 2. The van der Waals surface area contributed by atoms with Crippen molar-refractivity contribution in [3.8, 4) is 0 Å². The molecule has 0 aromatic carbocycles. The maximum Gasteiger partial charge on any atom is 0.322 e. The Hall–Kier alpha value is -0.770. The molecular formula is C16H23ClO4. The van der Waals surface area contributed by atoms with Crippen LogP contribution in [-0.2, 0) is 9.59 Å². The largest absolute Gasteiger partial charge is 0.481 e. The molecule has 0 radical (unpaired) electrons. The van der Waals surface area contributed by atoms with Crippen molar-refractivity contribution < 1.29 is 19.8 Å². The number of halogens is 1. The SMILES string of the molecule is C[C@@]12CC3(CC(=O)O)CC([C@H](Cl)C(=O)O)(C1)C[C@@](C)(C3)C2. The van der Waals surface area contributed by atoms with Crippen molar-refractivity contribution in [2.45, 2.75) is 64.2 Å². The van der Waals surface area contributed by atoms with E-state index in [0.29, 0.717) is 6.42 Å². The van der Waals surface area contributed by atoms with Gasteiger partial charge in [0.05, 0.1) is 6.42 Å². The van der Waals surface area contributed by atoms with Crippen molar-refractivity contribution in [1.29, 1.82) is 0 Å². The highest BCUT2D eigenvalue weighted by Gasteiger charge is 2.68. The molecule has 0 aliphatic heterocycles. The van der Waals surface area contributed by atoms with Crippen LogP contribution in [0.4, 0.5) is 0 Å². The van der Waals surface area contributed by atoms with E-state index >= 15 is 0 Å². The highest BCUT2D eigenvalue weighted by atomic mass is 35.5. The molecule has 0 aromatic heterocycles. The minimum Gasteiger partial charge on any atom is -0.481 e. The van der Waals surface area contributed by atoms with Crippen molar-refractivity contribution >= 4 is 23.5 Å². The molecule has 4 fully saturated rings. The molecule has 2 N–H and O–H groups in total. The molecule has 21 heavy (non-hydrogen) atoms. The molecule has 0 amide bonds. The van der Waals surface area contributed by atoms with Gasteiger partial charge >= 0.3 is 11.9 Å². The molecule has 4 saturated carbocycles. The van der Waals surface area contributed by atoms with Gasteiger partial charge in [0.2, 0.25) is 0 Å². The Labute approximate surface area is 129 Å². The third-order valence-corrected chi connectivity index (χ3v) is 6.67. The molecule has 4 nitrogen and oxygen atoms in total.